The lowest BCUT2D eigenvalue weighted by molar-refractivity contribution is 0.0322. The number of guanidine groups is 1. The summed E-state index contributed by atoms with van der Waals surface area (Å²) in [5, 5.41) is 6.84. The van der Waals surface area contributed by atoms with Gasteiger partial charge >= 0.3 is 0 Å². The molecule has 2 N–H and O–H groups in total. The zero-order valence-corrected chi connectivity index (χ0v) is 17.4. The zero-order chi connectivity index (χ0) is 20.3. The van der Waals surface area contributed by atoms with Crippen LogP contribution in [-0.4, -0.2) is 57.4 Å². The Labute approximate surface area is 173 Å². The number of rotatable bonds is 8. The first-order valence-electron chi connectivity index (χ1n) is 10.3. The minimum Gasteiger partial charge on any atom is -0.492 e. The van der Waals surface area contributed by atoms with Crippen LogP contribution in [0.15, 0.2) is 59.6 Å². The van der Waals surface area contributed by atoms with Crippen molar-refractivity contribution in [1.82, 2.24) is 15.5 Å². The number of ether oxygens (including phenoxy) is 2. The van der Waals surface area contributed by atoms with Crippen molar-refractivity contribution < 1.29 is 9.47 Å². The molecule has 2 aromatic carbocycles. The van der Waals surface area contributed by atoms with Crippen LogP contribution in [-0.2, 0) is 11.3 Å². The molecule has 6 heteroatoms. The second kappa shape index (κ2) is 11.4. The van der Waals surface area contributed by atoms with Crippen molar-refractivity contribution in [2.24, 2.45) is 4.99 Å². The maximum atomic E-state index is 6.07. The van der Waals surface area contributed by atoms with E-state index < -0.39 is 0 Å². The molecule has 0 radical (unpaired) electrons. The largest absolute Gasteiger partial charge is 0.492 e. The average molecular weight is 397 g/mol. The van der Waals surface area contributed by atoms with Gasteiger partial charge in [-0.2, -0.15) is 0 Å². The lowest BCUT2D eigenvalue weighted by atomic mass is 10.1. The number of benzene rings is 2. The number of hydrogen-bond donors (Lipinski definition) is 2. The van der Waals surface area contributed by atoms with E-state index in [1.807, 2.05) is 36.4 Å². The van der Waals surface area contributed by atoms with Crippen molar-refractivity contribution in [3.8, 4) is 5.75 Å². The summed E-state index contributed by atoms with van der Waals surface area (Å²) >= 11 is 0. The molecule has 0 saturated carbocycles. The van der Waals surface area contributed by atoms with Gasteiger partial charge in [-0.3, -0.25) is 9.89 Å². The van der Waals surface area contributed by atoms with E-state index in [9.17, 15) is 0 Å². The first-order chi connectivity index (χ1) is 14.3. The second-order valence-electron chi connectivity index (χ2n) is 7.11. The first-order valence-corrected chi connectivity index (χ1v) is 10.3. The predicted octanol–water partition coefficient (Wildman–Crippen LogP) is 2.82. The minimum atomic E-state index is 0.169. The molecule has 0 amide bonds. The smallest absolute Gasteiger partial charge is 0.191 e. The number of para-hydroxylation sites is 1. The van der Waals surface area contributed by atoms with E-state index in [0.717, 1.165) is 50.1 Å². The van der Waals surface area contributed by atoms with E-state index in [2.05, 4.69) is 45.6 Å². The monoisotopic (exact) mass is 396 g/mol. The molecule has 1 fully saturated rings. The number of nitrogens with one attached hydrogen (secondary N) is 2. The molecule has 1 saturated heterocycles. The molecule has 0 bridgehead atoms. The molecule has 0 aromatic heterocycles. The van der Waals surface area contributed by atoms with E-state index >= 15 is 0 Å². The molecule has 156 valence electrons. The predicted molar refractivity (Wildman–Crippen MR) is 117 cm³/mol. The van der Waals surface area contributed by atoms with Crippen LogP contribution in [0.1, 0.15) is 24.1 Å². The van der Waals surface area contributed by atoms with Crippen LogP contribution in [0.25, 0.3) is 0 Å². The molecule has 1 aliphatic heterocycles. The topological polar surface area (TPSA) is 58.1 Å². The highest BCUT2D eigenvalue weighted by Gasteiger charge is 2.11. The van der Waals surface area contributed by atoms with Crippen LogP contribution in [0, 0.1) is 0 Å². The summed E-state index contributed by atoms with van der Waals surface area (Å²) < 4.78 is 11.5. The normalized spacial score (nSPS) is 16.3. The van der Waals surface area contributed by atoms with E-state index in [1.54, 1.807) is 7.05 Å². The van der Waals surface area contributed by atoms with Crippen molar-refractivity contribution in [3.63, 3.8) is 0 Å². The number of nitrogens with zero attached hydrogens (tertiary/aromatic N) is 2. The van der Waals surface area contributed by atoms with E-state index in [-0.39, 0.29) is 6.04 Å². The van der Waals surface area contributed by atoms with Gasteiger partial charge in [0.15, 0.2) is 5.96 Å². The van der Waals surface area contributed by atoms with Crippen LogP contribution in [0.4, 0.5) is 0 Å². The van der Waals surface area contributed by atoms with Gasteiger partial charge in [0.2, 0.25) is 0 Å². The van der Waals surface area contributed by atoms with Crippen molar-refractivity contribution in [1.29, 1.82) is 0 Å². The lowest BCUT2D eigenvalue weighted by Gasteiger charge is -2.26. The molecular weight excluding hydrogens is 364 g/mol. The minimum absolute atomic E-state index is 0.169. The average Bonchev–Trinajstić information content (AvgIpc) is 2.78. The number of hydrogen-bond acceptors (Lipinski definition) is 4. The Hall–Kier alpha value is -2.57. The summed E-state index contributed by atoms with van der Waals surface area (Å²) in [5.41, 5.74) is 2.34. The third kappa shape index (κ3) is 6.76. The molecule has 3 rings (SSSR count). The summed E-state index contributed by atoms with van der Waals surface area (Å²) in [6.45, 7) is 7.96. The summed E-state index contributed by atoms with van der Waals surface area (Å²) in [6.07, 6.45) is 0. The highest BCUT2D eigenvalue weighted by atomic mass is 16.5. The molecule has 29 heavy (non-hydrogen) atoms. The maximum Gasteiger partial charge on any atom is 0.191 e. The van der Waals surface area contributed by atoms with Gasteiger partial charge in [0.25, 0.3) is 0 Å². The van der Waals surface area contributed by atoms with Gasteiger partial charge < -0.3 is 20.1 Å². The number of morpholine rings is 1. The zero-order valence-electron chi connectivity index (χ0n) is 17.4. The van der Waals surface area contributed by atoms with Gasteiger partial charge in [0, 0.05) is 38.8 Å². The molecule has 1 unspecified atom stereocenters. The molecule has 0 aliphatic carbocycles. The third-order valence-electron chi connectivity index (χ3n) is 5.06. The fraction of sp³-hybridized carbons (Fsp3) is 0.435. The summed E-state index contributed by atoms with van der Waals surface area (Å²) in [4.78, 5) is 6.73. The van der Waals surface area contributed by atoms with Crippen molar-refractivity contribution >= 4 is 5.96 Å². The van der Waals surface area contributed by atoms with E-state index in [1.165, 1.54) is 5.56 Å². The van der Waals surface area contributed by atoms with E-state index in [4.69, 9.17) is 9.47 Å². The van der Waals surface area contributed by atoms with Crippen LogP contribution in [0.5, 0.6) is 5.75 Å². The fourth-order valence-corrected chi connectivity index (χ4v) is 3.30. The summed E-state index contributed by atoms with van der Waals surface area (Å²) in [5.74, 6) is 1.68. The first kappa shape index (κ1) is 21.1. The molecule has 6 nitrogen and oxygen atoms in total. The van der Waals surface area contributed by atoms with Crippen molar-refractivity contribution in [3.05, 3.63) is 65.7 Å². The Balaban J connectivity index is 1.50. The van der Waals surface area contributed by atoms with Gasteiger partial charge in [-0.1, -0.05) is 48.5 Å². The third-order valence-corrected chi connectivity index (χ3v) is 5.06. The van der Waals surface area contributed by atoms with Gasteiger partial charge in [-0.05, 0) is 18.6 Å². The molecule has 0 spiro atoms. The summed E-state index contributed by atoms with van der Waals surface area (Å²) in [6, 6.07) is 18.7. The molecular formula is C23H32N4O2. The SMILES string of the molecule is CN=C(NCc1ccccc1OCCN1CCOCC1)NC(C)c1ccccc1. The van der Waals surface area contributed by atoms with Gasteiger partial charge in [-0.15, -0.1) is 0 Å². The van der Waals surface area contributed by atoms with Crippen LogP contribution in [0.2, 0.25) is 0 Å². The highest BCUT2D eigenvalue weighted by molar-refractivity contribution is 5.80. The Kier molecular flexibility index (Phi) is 8.34. The van der Waals surface area contributed by atoms with Crippen molar-refractivity contribution in [2.75, 3.05) is 46.5 Å². The lowest BCUT2D eigenvalue weighted by Crippen LogP contribution is -2.39. The van der Waals surface area contributed by atoms with Crippen molar-refractivity contribution in [2.45, 2.75) is 19.5 Å². The van der Waals surface area contributed by atoms with Gasteiger partial charge in [0.1, 0.15) is 12.4 Å². The maximum absolute atomic E-state index is 6.07. The Bertz CT molecular complexity index is 760. The van der Waals surface area contributed by atoms with Gasteiger partial charge in [0.05, 0.1) is 19.3 Å². The Morgan fingerprint density at radius 2 is 1.83 bits per heavy atom. The molecule has 1 aliphatic rings. The Morgan fingerprint density at radius 1 is 1.10 bits per heavy atom. The number of aliphatic imine (C=N–C) groups is 1. The van der Waals surface area contributed by atoms with E-state index in [0.29, 0.717) is 13.2 Å². The van der Waals surface area contributed by atoms with Crippen LogP contribution >= 0.6 is 0 Å². The van der Waals surface area contributed by atoms with Crippen LogP contribution in [0.3, 0.4) is 0 Å². The molecule has 1 heterocycles. The Morgan fingerprint density at radius 3 is 2.59 bits per heavy atom. The van der Waals surface area contributed by atoms with Crippen LogP contribution < -0.4 is 15.4 Å². The fourth-order valence-electron chi connectivity index (χ4n) is 3.30. The summed E-state index contributed by atoms with van der Waals surface area (Å²) in [7, 11) is 1.79. The molecule has 2 aromatic rings. The standard InChI is InChI=1S/C23H32N4O2/c1-19(20-8-4-3-5-9-20)26-23(24-2)25-18-21-10-6-7-11-22(21)29-17-14-27-12-15-28-16-13-27/h3-11,19H,12-18H2,1-2H3,(H2,24,25,26). The highest BCUT2D eigenvalue weighted by Crippen LogP contribution is 2.18. The van der Waals surface area contributed by atoms with Gasteiger partial charge in [-0.25, -0.2) is 0 Å². The second-order valence-corrected chi connectivity index (χ2v) is 7.11. The quantitative estimate of drug-likeness (QED) is 0.531. The molecule has 1 atom stereocenters.